The van der Waals surface area contributed by atoms with Gasteiger partial charge in [-0.15, -0.1) is 0 Å². The maximum Gasteiger partial charge on any atom is 0.333 e. The summed E-state index contributed by atoms with van der Waals surface area (Å²) >= 11 is 1.12. The Morgan fingerprint density at radius 3 is 2.93 bits per heavy atom. The van der Waals surface area contributed by atoms with Crippen molar-refractivity contribution in [1.29, 1.82) is 0 Å². The maximum absolute atomic E-state index is 11.5. The average molecular weight is 213 g/mol. The number of aromatic nitrogens is 2. The molecule has 0 spiro atoms. The maximum atomic E-state index is 11.5. The average Bonchev–Trinajstić information content (AvgIpc) is 2.89. The van der Waals surface area contributed by atoms with Gasteiger partial charge < -0.3 is 4.74 Å². The summed E-state index contributed by atoms with van der Waals surface area (Å²) in [5.41, 5.74) is -0.553. The van der Waals surface area contributed by atoms with Crippen LogP contribution in [-0.4, -0.2) is 22.9 Å². The molecule has 76 valence electrons. The second-order valence-corrected chi connectivity index (χ2v) is 3.97. The summed E-state index contributed by atoms with van der Waals surface area (Å²) in [6.07, 6.45) is 4.99. The smallest absolute Gasteiger partial charge is 0.333 e. The van der Waals surface area contributed by atoms with Gasteiger partial charge in [-0.3, -0.25) is 9.82 Å². The van der Waals surface area contributed by atoms with Crippen molar-refractivity contribution in [2.24, 2.45) is 5.14 Å². The quantitative estimate of drug-likeness (QED) is 0.585. The molecule has 0 aliphatic heterocycles. The Labute approximate surface area is 85.7 Å². The molecule has 1 heterocycles. The van der Waals surface area contributed by atoms with Gasteiger partial charge in [0.15, 0.2) is 5.54 Å². The number of ether oxygens (including phenoxy) is 1. The second kappa shape index (κ2) is 3.29. The molecule has 2 N–H and O–H groups in total. The van der Waals surface area contributed by atoms with E-state index in [1.54, 1.807) is 17.1 Å². The minimum absolute atomic E-state index is 0.228. The summed E-state index contributed by atoms with van der Waals surface area (Å²) < 4.78 is 6.38. The minimum Gasteiger partial charge on any atom is -0.467 e. The molecule has 6 heteroatoms. The van der Waals surface area contributed by atoms with Gasteiger partial charge in [0.2, 0.25) is 0 Å². The highest BCUT2D eigenvalue weighted by molar-refractivity contribution is 7.97. The van der Waals surface area contributed by atoms with Gasteiger partial charge in [-0.1, -0.05) is 0 Å². The molecule has 0 atom stereocenters. The van der Waals surface area contributed by atoms with Crippen LogP contribution in [0.3, 0.4) is 0 Å². The highest BCUT2D eigenvalue weighted by atomic mass is 32.2. The Morgan fingerprint density at radius 2 is 2.50 bits per heavy atom. The summed E-state index contributed by atoms with van der Waals surface area (Å²) in [5.74, 6) is -0.228. The lowest BCUT2D eigenvalue weighted by molar-refractivity contribution is -0.146. The summed E-state index contributed by atoms with van der Waals surface area (Å²) in [5, 5.41) is 9.49. The van der Waals surface area contributed by atoms with Crippen molar-refractivity contribution >= 4 is 17.9 Å². The highest BCUT2D eigenvalue weighted by Crippen LogP contribution is 2.44. The Bertz CT molecular complexity index is 359. The molecule has 1 fully saturated rings. The van der Waals surface area contributed by atoms with Gasteiger partial charge in [-0.2, -0.15) is 5.10 Å². The van der Waals surface area contributed by atoms with Gasteiger partial charge >= 0.3 is 5.97 Å². The van der Waals surface area contributed by atoms with Crippen LogP contribution in [0.1, 0.15) is 12.8 Å². The number of hydrogen-bond donors (Lipinski definition) is 1. The van der Waals surface area contributed by atoms with Gasteiger partial charge in [-0.25, -0.2) is 4.79 Å². The van der Waals surface area contributed by atoms with Crippen molar-refractivity contribution in [3.63, 3.8) is 0 Å². The molecule has 1 saturated carbocycles. The molecule has 0 aromatic carbocycles. The van der Waals surface area contributed by atoms with Crippen LogP contribution in [0.25, 0.3) is 0 Å². The van der Waals surface area contributed by atoms with Crippen LogP contribution in [0.15, 0.2) is 17.3 Å². The SMILES string of the molecule is COC(=O)C1(n2cc(SN)cn2)CC1. The van der Waals surface area contributed by atoms with Gasteiger partial charge in [0.05, 0.1) is 18.2 Å². The number of methoxy groups -OCH3 is 1. The van der Waals surface area contributed by atoms with Gasteiger partial charge in [0, 0.05) is 6.20 Å². The fraction of sp³-hybridized carbons (Fsp3) is 0.500. The van der Waals surface area contributed by atoms with Crippen molar-refractivity contribution in [3.05, 3.63) is 12.4 Å². The van der Waals surface area contributed by atoms with Crippen molar-refractivity contribution in [2.75, 3.05) is 7.11 Å². The molecule has 1 aromatic rings. The molecule has 1 aliphatic carbocycles. The van der Waals surface area contributed by atoms with Crippen LogP contribution in [0.2, 0.25) is 0 Å². The zero-order valence-corrected chi connectivity index (χ0v) is 8.58. The van der Waals surface area contributed by atoms with E-state index in [0.717, 1.165) is 29.7 Å². The predicted octanol–water partition coefficient (Wildman–Crippen LogP) is 0.511. The van der Waals surface area contributed by atoms with E-state index in [2.05, 4.69) is 5.10 Å². The van der Waals surface area contributed by atoms with Crippen LogP contribution in [0.5, 0.6) is 0 Å². The zero-order chi connectivity index (χ0) is 10.2. The van der Waals surface area contributed by atoms with Gasteiger partial charge in [0.25, 0.3) is 0 Å². The molecule has 2 rings (SSSR count). The van der Waals surface area contributed by atoms with Crippen molar-refractivity contribution < 1.29 is 9.53 Å². The lowest BCUT2D eigenvalue weighted by Crippen LogP contribution is -2.29. The van der Waals surface area contributed by atoms with E-state index in [1.165, 1.54) is 7.11 Å². The fourth-order valence-electron chi connectivity index (χ4n) is 1.44. The van der Waals surface area contributed by atoms with E-state index < -0.39 is 5.54 Å². The van der Waals surface area contributed by atoms with Crippen molar-refractivity contribution in [3.8, 4) is 0 Å². The Morgan fingerprint density at radius 1 is 1.79 bits per heavy atom. The van der Waals surface area contributed by atoms with Crippen LogP contribution in [0.4, 0.5) is 0 Å². The topological polar surface area (TPSA) is 70.1 Å². The number of nitrogens with two attached hydrogens (primary N) is 1. The first-order chi connectivity index (χ1) is 6.73. The van der Waals surface area contributed by atoms with E-state index >= 15 is 0 Å². The van der Waals surface area contributed by atoms with Gasteiger partial charge in [0.1, 0.15) is 0 Å². The van der Waals surface area contributed by atoms with Crippen LogP contribution in [0, 0.1) is 0 Å². The number of hydrogen-bond acceptors (Lipinski definition) is 5. The molecule has 0 bridgehead atoms. The molecule has 0 amide bonds. The Balaban J connectivity index is 2.26. The molecule has 0 unspecified atom stereocenters. The second-order valence-electron chi connectivity index (χ2n) is 3.26. The largest absolute Gasteiger partial charge is 0.467 e. The van der Waals surface area contributed by atoms with E-state index in [1.807, 2.05) is 0 Å². The molecular formula is C8H11N3O2S. The van der Waals surface area contributed by atoms with E-state index in [0.29, 0.717) is 0 Å². The number of carbonyl (C=O) groups is 1. The normalized spacial score (nSPS) is 17.9. The molecule has 0 radical (unpaired) electrons. The van der Waals surface area contributed by atoms with E-state index in [4.69, 9.17) is 9.88 Å². The lowest BCUT2D eigenvalue weighted by Gasteiger charge is -2.12. The number of nitrogens with zero attached hydrogens (tertiary/aromatic N) is 2. The highest BCUT2D eigenvalue weighted by Gasteiger charge is 2.54. The van der Waals surface area contributed by atoms with Gasteiger partial charge in [-0.05, 0) is 24.8 Å². The zero-order valence-electron chi connectivity index (χ0n) is 7.77. The third kappa shape index (κ3) is 1.31. The standard InChI is InChI=1S/C8H11N3O2S/c1-13-7(12)8(2-3-8)11-5-6(14-9)4-10-11/h4-5H,2-3,9H2,1H3. The minimum atomic E-state index is -0.553. The molecule has 1 aromatic heterocycles. The third-order valence-electron chi connectivity index (χ3n) is 2.42. The molecule has 1 aliphatic rings. The van der Waals surface area contributed by atoms with Crippen molar-refractivity contribution in [1.82, 2.24) is 9.78 Å². The Kier molecular flexibility index (Phi) is 2.24. The van der Waals surface area contributed by atoms with E-state index in [9.17, 15) is 4.79 Å². The first kappa shape index (κ1) is 9.54. The monoisotopic (exact) mass is 213 g/mol. The molecular weight excluding hydrogens is 202 g/mol. The molecule has 5 nitrogen and oxygen atoms in total. The number of carbonyl (C=O) groups excluding carboxylic acids is 1. The molecule has 14 heavy (non-hydrogen) atoms. The number of esters is 1. The number of rotatable bonds is 3. The summed E-state index contributed by atoms with van der Waals surface area (Å²) in [6, 6.07) is 0. The fourth-order valence-corrected chi connectivity index (χ4v) is 1.71. The van der Waals surface area contributed by atoms with Crippen molar-refractivity contribution in [2.45, 2.75) is 23.3 Å². The first-order valence-electron chi connectivity index (χ1n) is 4.23. The first-order valence-corrected chi connectivity index (χ1v) is 5.11. The van der Waals surface area contributed by atoms with E-state index in [-0.39, 0.29) is 5.97 Å². The lowest BCUT2D eigenvalue weighted by atomic mass is 10.3. The van der Waals surface area contributed by atoms with Crippen LogP contribution < -0.4 is 5.14 Å². The Hall–Kier alpha value is -1.01. The van der Waals surface area contributed by atoms with Crippen LogP contribution >= 0.6 is 11.9 Å². The molecule has 0 saturated heterocycles. The summed E-state index contributed by atoms with van der Waals surface area (Å²) in [7, 11) is 1.39. The summed E-state index contributed by atoms with van der Waals surface area (Å²) in [6.45, 7) is 0. The predicted molar refractivity (Wildman–Crippen MR) is 51.5 cm³/mol. The van der Waals surface area contributed by atoms with Crippen LogP contribution in [-0.2, 0) is 15.1 Å². The summed E-state index contributed by atoms with van der Waals surface area (Å²) in [4.78, 5) is 12.3. The third-order valence-corrected chi connectivity index (χ3v) is 2.91.